The zero-order valence-electron chi connectivity index (χ0n) is 16.7. The predicted molar refractivity (Wildman–Crippen MR) is 104 cm³/mol. The van der Waals surface area contributed by atoms with Crippen molar-refractivity contribution in [3.8, 4) is 0 Å². The van der Waals surface area contributed by atoms with E-state index in [9.17, 15) is 21.6 Å². The smallest absolute Gasteiger partial charge is 0.377 e. The standard InChI is InChI=1S/C20H29F3N2O3S/c1-24(29(26,27)19-10-4-16(5-11-19)20(21,22)23)17-6-8-18(9-7-17)28-15-14-25-12-2-3-13-25/h4-5,10-11,17-18H,2-3,6-9,12-15H2,1H3/t17-,18-. The van der Waals surface area contributed by atoms with Crippen LogP contribution in [0.5, 0.6) is 0 Å². The van der Waals surface area contributed by atoms with E-state index >= 15 is 0 Å². The first kappa shape index (κ1) is 22.5. The number of hydrogen-bond acceptors (Lipinski definition) is 4. The van der Waals surface area contributed by atoms with Gasteiger partial charge < -0.3 is 9.64 Å². The lowest BCUT2D eigenvalue weighted by Crippen LogP contribution is -2.41. The molecule has 0 bridgehead atoms. The van der Waals surface area contributed by atoms with Crippen LogP contribution in [0.4, 0.5) is 13.2 Å². The van der Waals surface area contributed by atoms with Crippen molar-refractivity contribution in [1.29, 1.82) is 0 Å². The molecule has 0 unspecified atom stereocenters. The molecule has 0 N–H and O–H groups in total. The molecule has 0 spiro atoms. The van der Waals surface area contributed by atoms with Gasteiger partial charge in [-0.2, -0.15) is 17.5 Å². The van der Waals surface area contributed by atoms with Crippen LogP contribution >= 0.6 is 0 Å². The molecule has 2 fully saturated rings. The van der Waals surface area contributed by atoms with E-state index < -0.39 is 21.8 Å². The molecule has 5 nitrogen and oxygen atoms in total. The van der Waals surface area contributed by atoms with E-state index in [1.807, 2.05) is 0 Å². The van der Waals surface area contributed by atoms with E-state index in [1.165, 1.54) is 24.2 Å². The van der Waals surface area contributed by atoms with Crippen molar-refractivity contribution in [3.05, 3.63) is 29.8 Å². The van der Waals surface area contributed by atoms with Gasteiger partial charge in [0, 0.05) is 19.6 Å². The third-order valence-corrected chi connectivity index (χ3v) is 7.90. The number of alkyl halides is 3. The molecule has 1 saturated carbocycles. The van der Waals surface area contributed by atoms with Gasteiger partial charge in [0.2, 0.25) is 10.0 Å². The fourth-order valence-corrected chi connectivity index (χ4v) is 5.52. The first-order chi connectivity index (χ1) is 13.7. The average molecular weight is 435 g/mol. The summed E-state index contributed by atoms with van der Waals surface area (Å²) in [7, 11) is -2.32. The molecule has 0 atom stereocenters. The molecule has 29 heavy (non-hydrogen) atoms. The second kappa shape index (κ2) is 9.32. The van der Waals surface area contributed by atoms with Gasteiger partial charge in [-0.3, -0.25) is 0 Å². The topological polar surface area (TPSA) is 49.9 Å². The number of sulfonamides is 1. The lowest BCUT2D eigenvalue weighted by Gasteiger charge is -2.34. The molecular weight excluding hydrogens is 405 g/mol. The number of hydrogen-bond donors (Lipinski definition) is 0. The summed E-state index contributed by atoms with van der Waals surface area (Å²) < 4.78 is 71.0. The second-order valence-electron chi connectivity index (χ2n) is 7.89. The van der Waals surface area contributed by atoms with Crippen LogP contribution in [0.25, 0.3) is 0 Å². The summed E-state index contributed by atoms with van der Waals surface area (Å²) >= 11 is 0. The van der Waals surface area contributed by atoms with E-state index in [1.54, 1.807) is 0 Å². The van der Waals surface area contributed by atoms with Gasteiger partial charge in [0.15, 0.2) is 0 Å². The molecule has 1 saturated heterocycles. The normalized spacial score (nSPS) is 24.3. The molecule has 0 radical (unpaired) electrons. The predicted octanol–water partition coefficient (Wildman–Crippen LogP) is 3.75. The van der Waals surface area contributed by atoms with Crippen molar-refractivity contribution in [2.45, 2.75) is 61.7 Å². The zero-order chi connectivity index (χ0) is 21.1. The van der Waals surface area contributed by atoms with E-state index in [2.05, 4.69) is 4.90 Å². The van der Waals surface area contributed by atoms with Crippen LogP contribution in [0.2, 0.25) is 0 Å². The molecule has 1 aliphatic carbocycles. The summed E-state index contributed by atoms with van der Waals surface area (Å²) in [5.41, 5.74) is -0.856. The lowest BCUT2D eigenvalue weighted by atomic mass is 9.93. The van der Waals surface area contributed by atoms with E-state index in [-0.39, 0.29) is 17.0 Å². The van der Waals surface area contributed by atoms with Crippen LogP contribution in [0.1, 0.15) is 44.1 Å². The molecule has 0 amide bonds. The number of likely N-dealkylation sites (tertiary alicyclic amines) is 1. The van der Waals surface area contributed by atoms with Gasteiger partial charge in [-0.15, -0.1) is 0 Å². The number of rotatable bonds is 7. The molecule has 1 aromatic rings. The number of halogens is 3. The highest BCUT2D eigenvalue weighted by molar-refractivity contribution is 7.89. The minimum atomic E-state index is -4.48. The van der Waals surface area contributed by atoms with E-state index in [0.717, 1.165) is 56.7 Å². The molecule has 1 heterocycles. The number of benzene rings is 1. The number of nitrogens with zero attached hydrogens (tertiary/aromatic N) is 2. The third kappa shape index (κ3) is 5.71. The van der Waals surface area contributed by atoms with Gasteiger partial charge in [-0.25, -0.2) is 8.42 Å². The Morgan fingerprint density at radius 1 is 1.07 bits per heavy atom. The number of ether oxygens (including phenoxy) is 1. The highest BCUT2D eigenvalue weighted by Crippen LogP contribution is 2.32. The maximum Gasteiger partial charge on any atom is 0.416 e. The Bertz CT molecular complexity index is 754. The quantitative estimate of drug-likeness (QED) is 0.656. The van der Waals surface area contributed by atoms with Crippen molar-refractivity contribution >= 4 is 10.0 Å². The van der Waals surface area contributed by atoms with Gasteiger partial charge in [-0.1, -0.05) is 0 Å². The monoisotopic (exact) mass is 434 g/mol. The van der Waals surface area contributed by atoms with Crippen molar-refractivity contribution in [3.63, 3.8) is 0 Å². The first-order valence-electron chi connectivity index (χ1n) is 10.2. The Balaban J connectivity index is 1.50. The minimum absolute atomic E-state index is 0.114. The molecular formula is C20H29F3N2O3S. The Morgan fingerprint density at radius 3 is 2.21 bits per heavy atom. The second-order valence-corrected chi connectivity index (χ2v) is 9.89. The molecule has 1 aliphatic heterocycles. The van der Waals surface area contributed by atoms with Crippen molar-refractivity contribution in [1.82, 2.24) is 9.21 Å². The van der Waals surface area contributed by atoms with E-state index in [4.69, 9.17) is 4.74 Å². The molecule has 3 rings (SSSR count). The fourth-order valence-electron chi connectivity index (χ4n) is 4.11. The summed E-state index contributed by atoms with van der Waals surface area (Å²) in [4.78, 5) is 2.28. The van der Waals surface area contributed by atoms with Gasteiger partial charge in [0.05, 0.1) is 23.2 Å². The Hall–Kier alpha value is -1.16. The van der Waals surface area contributed by atoms with Crippen LogP contribution in [0.3, 0.4) is 0 Å². The Kier molecular flexibility index (Phi) is 7.24. The molecule has 1 aromatic carbocycles. The van der Waals surface area contributed by atoms with Gasteiger partial charge in [0.25, 0.3) is 0 Å². The highest BCUT2D eigenvalue weighted by Gasteiger charge is 2.34. The fraction of sp³-hybridized carbons (Fsp3) is 0.700. The maximum absolute atomic E-state index is 12.8. The molecule has 2 aliphatic rings. The average Bonchev–Trinajstić information content (AvgIpc) is 3.21. The van der Waals surface area contributed by atoms with Crippen LogP contribution < -0.4 is 0 Å². The minimum Gasteiger partial charge on any atom is -0.377 e. The van der Waals surface area contributed by atoms with Gasteiger partial charge >= 0.3 is 6.18 Å². The van der Waals surface area contributed by atoms with Crippen LogP contribution in [0.15, 0.2) is 29.2 Å². The summed E-state index contributed by atoms with van der Waals surface area (Å²) in [6.45, 7) is 3.93. The Labute approximate surface area is 170 Å². The summed E-state index contributed by atoms with van der Waals surface area (Å²) in [6, 6.07) is 3.52. The van der Waals surface area contributed by atoms with Gasteiger partial charge in [0.1, 0.15) is 0 Å². The van der Waals surface area contributed by atoms with Crippen LogP contribution in [-0.4, -0.2) is 63.1 Å². The Morgan fingerprint density at radius 2 is 1.66 bits per heavy atom. The van der Waals surface area contributed by atoms with Crippen LogP contribution in [0, 0.1) is 0 Å². The van der Waals surface area contributed by atoms with Crippen molar-refractivity contribution in [2.75, 3.05) is 33.3 Å². The highest BCUT2D eigenvalue weighted by atomic mass is 32.2. The van der Waals surface area contributed by atoms with E-state index in [0.29, 0.717) is 19.4 Å². The molecule has 9 heteroatoms. The SMILES string of the molecule is CN([C@H]1CC[C@H](OCCN2CCCC2)CC1)S(=O)(=O)c1ccc(C(F)(F)F)cc1. The zero-order valence-corrected chi connectivity index (χ0v) is 17.5. The first-order valence-corrected chi connectivity index (χ1v) is 11.6. The molecule has 164 valence electrons. The summed E-state index contributed by atoms with van der Waals surface area (Å²) in [5, 5.41) is 0. The maximum atomic E-state index is 12.8. The van der Waals surface area contributed by atoms with Crippen LogP contribution in [-0.2, 0) is 20.9 Å². The molecule has 0 aromatic heterocycles. The van der Waals surface area contributed by atoms with Crippen molar-refractivity contribution in [2.24, 2.45) is 0 Å². The summed E-state index contributed by atoms with van der Waals surface area (Å²) in [5.74, 6) is 0. The third-order valence-electron chi connectivity index (χ3n) is 5.98. The lowest BCUT2D eigenvalue weighted by molar-refractivity contribution is -0.137. The van der Waals surface area contributed by atoms with Gasteiger partial charge in [-0.05, 0) is 75.9 Å². The largest absolute Gasteiger partial charge is 0.416 e. The summed E-state index contributed by atoms with van der Waals surface area (Å²) in [6.07, 6.45) is 1.12. The van der Waals surface area contributed by atoms with Crippen molar-refractivity contribution < 1.29 is 26.3 Å².